The molecule has 0 amide bonds. The molecule has 0 spiro atoms. The molecule has 0 bridgehead atoms. The lowest BCUT2D eigenvalue weighted by Gasteiger charge is -2.38. The van der Waals surface area contributed by atoms with Crippen LogP contribution in [-0.2, 0) is 47.2 Å². The van der Waals surface area contributed by atoms with Crippen LogP contribution in [-0.4, -0.2) is 0 Å². The van der Waals surface area contributed by atoms with E-state index in [1.54, 1.807) is 0 Å². The molecule has 0 saturated heterocycles. The van der Waals surface area contributed by atoms with Crippen LogP contribution in [0.3, 0.4) is 0 Å². The minimum atomic E-state index is -2.43. The number of benzene rings is 19. The van der Waals surface area contributed by atoms with Gasteiger partial charge >= 0.3 is 0 Å². The van der Waals surface area contributed by atoms with Gasteiger partial charge in [0.2, 0.25) is 0 Å². The first kappa shape index (κ1) is 79.6. The molecule has 130 heavy (non-hydrogen) atoms. The molecule has 0 saturated carbocycles. The topological polar surface area (TPSA) is 73.8 Å². The van der Waals surface area contributed by atoms with Gasteiger partial charge in [-0.05, 0) is 200 Å². The lowest BCUT2D eigenvalue weighted by molar-refractivity contribution is 0.466. The van der Waals surface area contributed by atoms with Crippen molar-refractivity contribution >= 4 is 135 Å². The molecule has 0 aliphatic carbocycles. The third kappa shape index (κ3) is 13.1. The van der Waals surface area contributed by atoms with Crippen molar-refractivity contribution in [1.29, 1.82) is 0 Å². The summed E-state index contributed by atoms with van der Waals surface area (Å²) in [5, 5.41) is 12.8. The fourth-order valence-corrected chi connectivity index (χ4v) is 36.8. The fourth-order valence-electron chi connectivity index (χ4n) is 18.9. The Hall–Kier alpha value is -13.8. The Balaban J connectivity index is 0.0000000963. The van der Waals surface area contributed by atoms with Gasteiger partial charge in [0.1, 0.15) is 92.0 Å². The summed E-state index contributed by atoms with van der Waals surface area (Å²) in [5.74, 6) is 13.2. The molecule has 19 aromatic rings. The van der Waals surface area contributed by atoms with E-state index in [1.807, 2.05) is 133 Å². The zero-order valence-electron chi connectivity index (χ0n) is 69.3. The Morgan fingerprint density at radius 2 is 0.338 bits per heavy atom. The molecule has 0 fully saturated rings. The summed E-state index contributed by atoms with van der Waals surface area (Å²) < 4.78 is 51.3. The molecule has 620 valence electrons. The van der Waals surface area contributed by atoms with Gasteiger partial charge in [0.05, 0.1) is 45.4 Å². The van der Waals surface area contributed by atoms with Crippen LogP contribution >= 0.6 is 24.2 Å². The van der Waals surface area contributed by atoms with Crippen molar-refractivity contribution < 1.29 is 37.9 Å². The van der Waals surface area contributed by atoms with Crippen LogP contribution in [0, 0.1) is 0 Å². The Labute approximate surface area is 773 Å². The summed E-state index contributed by atoms with van der Waals surface area (Å²) in [5.41, 5.74) is 15.8. The van der Waals surface area contributed by atoms with Gasteiger partial charge in [-0.25, -0.2) is 0 Å². The summed E-state index contributed by atoms with van der Waals surface area (Å²) in [6, 6.07) is 140. The molecule has 27 rings (SSSR count). The molecule has 19 aromatic carbocycles. The summed E-state index contributed by atoms with van der Waals surface area (Å²) in [6.45, 7) is 0. The van der Waals surface area contributed by atoms with Crippen LogP contribution in [0.25, 0.3) is 77.9 Å². The predicted octanol–water partition coefficient (Wildman–Crippen LogP) is 26.3. The fraction of sp³-hybridized carbons (Fsp3) is 0. The zero-order valence-corrected chi connectivity index (χ0v) is 76.1. The van der Waals surface area contributed by atoms with E-state index in [9.17, 15) is 0 Å². The summed E-state index contributed by atoms with van der Waals surface area (Å²) in [7, 11) is 0. The molecule has 8 aliphatic heterocycles. The highest BCUT2D eigenvalue weighted by Gasteiger charge is 2.48. The largest absolute Gasteiger partial charge is 0.456 e. The van der Waals surface area contributed by atoms with Crippen LogP contribution in [0.5, 0.6) is 92.0 Å². The van der Waals surface area contributed by atoms with Crippen LogP contribution in [0.1, 0.15) is 0 Å². The highest BCUT2D eigenvalue weighted by Crippen LogP contribution is 2.65. The molecule has 8 heterocycles. The minimum Gasteiger partial charge on any atom is -0.456 e. The molecule has 0 N–H and O–H groups in total. The van der Waals surface area contributed by atoms with Crippen molar-refractivity contribution in [2.75, 3.05) is 0 Å². The second-order valence-corrected chi connectivity index (χ2v) is 49.5. The van der Waals surface area contributed by atoms with E-state index in [1.165, 1.54) is 11.1 Å². The quantitative estimate of drug-likeness (QED) is 0.143. The average molecular weight is 1820 g/mol. The number of ether oxygens (including phenoxy) is 8. The van der Waals surface area contributed by atoms with Gasteiger partial charge in [-0.1, -0.05) is 351 Å². The lowest BCUT2D eigenvalue weighted by Crippen LogP contribution is -2.35. The van der Waals surface area contributed by atoms with E-state index in [-0.39, 0.29) is 0 Å². The highest BCUT2D eigenvalue weighted by molar-refractivity contribution is 8.27. The molecule has 0 radical (unpaired) electrons. The second-order valence-electron chi connectivity index (χ2n) is 32.4. The van der Waals surface area contributed by atoms with Gasteiger partial charge in [-0.2, -0.15) is 0 Å². The van der Waals surface area contributed by atoms with Gasteiger partial charge < -0.3 is 37.9 Å². The normalized spacial score (nSPS) is 17.2. The van der Waals surface area contributed by atoms with E-state index in [0.29, 0.717) is 0 Å². The van der Waals surface area contributed by atoms with Crippen molar-refractivity contribution in [1.82, 2.24) is 0 Å². The Kier molecular flexibility index (Phi) is 19.7. The number of hydrogen-bond acceptors (Lipinski definition) is 12. The number of fused-ring (bicyclic) bond motifs is 16. The Morgan fingerprint density at radius 3 is 0.654 bits per heavy atom. The molecular formula is C114H72O8P4S4. The van der Waals surface area contributed by atoms with E-state index in [0.717, 1.165) is 222 Å². The van der Waals surface area contributed by atoms with Crippen molar-refractivity contribution in [2.45, 2.75) is 0 Å². The van der Waals surface area contributed by atoms with Crippen molar-refractivity contribution in [2.24, 2.45) is 0 Å². The molecule has 8 aliphatic rings. The standard InChI is InChI=1S/3C30H19O2PS.C24H15O2PS/c34-33-27-16-7-13-23(21-11-5-2-6-12-21)29(27)32-26-15-8-14-25(30(26)33)31-24-18-17-22(19-28(24)33)20-9-3-1-4-10-20;34-33-27-18-17-22(20-9-3-1-4-10-20)19-26(27)31-24-14-8-15-25(30(24)33)32-29-23(13-7-16-28(29)33)21-11-5-2-6-12-21;34-33-28-17-15-22(20-8-3-1-4-9-20)18-27(28)32-26-13-7-12-25(30(26)33)31-24-16-14-23(19-29(24)33)21-10-5-2-6-11-21;28-27-22-12-5-4-9-18(22)25-20-10-6-11-21(24(20)27)26-19-14-13-17(15-23(19)27)16-7-2-1-3-8-16/h3*1-19H;1-15H. The summed E-state index contributed by atoms with van der Waals surface area (Å²) in [6.07, 6.45) is 0. The third-order valence-electron chi connectivity index (χ3n) is 24.9. The molecular weight excluding hydrogens is 1750 g/mol. The average Bonchev–Trinajstić information content (AvgIpc) is 0.724. The maximum Gasteiger partial charge on any atom is 0.144 e. The highest BCUT2D eigenvalue weighted by atomic mass is 32.5. The summed E-state index contributed by atoms with van der Waals surface area (Å²) in [4.78, 5) is 0. The van der Waals surface area contributed by atoms with E-state index >= 15 is 0 Å². The van der Waals surface area contributed by atoms with Gasteiger partial charge in [-0.3, -0.25) is 0 Å². The minimum absolute atomic E-state index is 0.799. The van der Waals surface area contributed by atoms with E-state index in [2.05, 4.69) is 303 Å². The molecule has 4 atom stereocenters. The van der Waals surface area contributed by atoms with Crippen LogP contribution < -0.4 is 102 Å². The first-order valence-electron chi connectivity index (χ1n) is 42.8. The third-order valence-corrected chi connectivity index (χ3v) is 44.4. The van der Waals surface area contributed by atoms with Gasteiger partial charge in [0, 0.05) is 53.6 Å². The van der Waals surface area contributed by atoms with Gasteiger partial charge in [0.15, 0.2) is 0 Å². The Bertz CT molecular complexity index is 7920. The predicted molar refractivity (Wildman–Crippen MR) is 549 cm³/mol. The molecule has 8 nitrogen and oxygen atoms in total. The number of rotatable bonds is 7. The smallest absolute Gasteiger partial charge is 0.144 e. The zero-order chi connectivity index (χ0) is 86.8. The summed E-state index contributed by atoms with van der Waals surface area (Å²) >= 11 is 26.6. The van der Waals surface area contributed by atoms with Gasteiger partial charge in [-0.15, -0.1) is 0 Å². The Morgan fingerprint density at radius 1 is 0.131 bits per heavy atom. The number of para-hydroxylation sites is 3. The van der Waals surface area contributed by atoms with E-state index in [4.69, 9.17) is 85.1 Å². The molecule has 4 unspecified atom stereocenters. The maximum atomic E-state index is 6.73. The second kappa shape index (κ2) is 32.1. The lowest BCUT2D eigenvalue weighted by atomic mass is 10.0. The molecule has 0 aromatic heterocycles. The first-order valence-corrected chi connectivity index (χ1v) is 54.0. The monoisotopic (exact) mass is 1820 g/mol. The van der Waals surface area contributed by atoms with Crippen molar-refractivity contribution in [3.05, 3.63) is 437 Å². The van der Waals surface area contributed by atoms with Crippen molar-refractivity contribution in [3.63, 3.8) is 0 Å². The maximum absolute atomic E-state index is 6.73. The SMILES string of the molecule is S=P12c3cc(-c4ccccc4)ccc3Oc3cccc(c31)Oc1c(-c3ccccc3)cccc12.S=P12c3ccc(-c4ccccc4)cc3Oc3cccc(c31)Oc1c(-c3ccccc3)cccc12.S=P12c3ccc(-c4ccccc4)cc3Oc3cccc(c31)Oc1ccc(-c3ccccc3)cc12.S=P12c3ccccc3Oc3cccc(c31)Oc1ccc(-c3ccccc3)cc12. The molecule has 16 heteroatoms. The van der Waals surface area contributed by atoms with E-state index < -0.39 is 24.2 Å². The van der Waals surface area contributed by atoms with Crippen LogP contribution in [0.4, 0.5) is 0 Å². The van der Waals surface area contributed by atoms with Crippen LogP contribution in [0.15, 0.2) is 437 Å². The van der Waals surface area contributed by atoms with Crippen molar-refractivity contribution in [3.8, 4) is 170 Å². The van der Waals surface area contributed by atoms with Crippen LogP contribution in [0.2, 0.25) is 0 Å². The number of hydrogen-bond donors (Lipinski definition) is 0. The van der Waals surface area contributed by atoms with Gasteiger partial charge in [0.25, 0.3) is 0 Å². The first-order chi connectivity index (χ1) is 63.9.